The summed E-state index contributed by atoms with van der Waals surface area (Å²) < 4.78 is 0. The zero-order chi connectivity index (χ0) is 21.3. The minimum Gasteiger partial charge on any atom is -0.507 e. The van der Waals surface area contributed by atoms with Crippen LogP contribution in [0.2, 0.25) is 0 Å². The van der Waals surface area contributed by atoms with Crippen molar-refractivity contribution in [3.8, 4) is 5.75 Å². The number of carbonyl (C=O) groups excluding carboxylic acids is 3. The van der Waals surface area contributed by atoms with Gasteiger partial charge in [-0.15, -0.1) is 0 Å². The first kappa shape index (κ1) is 20.4. The Morgan fingerprint density at radius 2 is 1.83 bits per heavy atom. The lowest BCUT2D eigenvalue weighted by Gasteiger charge is -2.15. The maximum atomic E-state index is 12.7. The standard InChI is InChI=1S/C20H18N2O6S/c1-10-3-5-13(7-11(10)2)22-18(25)16(29-20(22)28)9-17(24)21-12-4-6-14(19(26)27)15(23)8-12/h3-8,16,23H,9H2,1-2H3,(H,21,24)(H,26,27). The second-order valence-corrected chi connectivity index (χ2v) is 7.76. The van der Waals surface area contributed by atoms with Crippen molar-refractivity contribution in [1.82, 2.24) is 0 Å². The number of rotatable bonds is 5. The van der Waals surface area contributed by atoms with E-state index in [-0.39, 0.29) is 17.7 Å². The first-order valence-electron chi connectivity index (χ1n) is 8.65. The summed E-state index contributed by atoms with van der Waals surface area (Å²) >= 11 is 0.785. The van der Waals surface area contributed by atoms with E-state index in [0.29, 0.717) is 5.69 Å². The molecule has 0 aliphatic carbocycles. The third-order valence-electron chi connectivity index (χ3n) is 4.55. The topological polar surface area (TPSA) is 124 Å². The number of aromatic carboxylic acids is 1. The molecule has 9 heteroatoms. The predicted octanol–water partition coefficient (Wildman–Crippen LogP) is 3.30. The predicted molar refractivity (Wildman–Crippen MR) is 108 cm³/mol. The fraction of sp³-hybridized carbons (Fsp3) is 0.200. The van der Waals surface area contributed by atoms with Gasteiger partial charge in [0.15, 0.2) is 0 Å². The third kappa shape index (κ3) is 4.24. The van der Waals surface area contributed by atoms with Gasteiger partial charge in [0.05, 0.1) is 5.69 Å². The third-order valence-corrected chi connectivity index (χ3v) is 5.59. The van der Waals surface area contributed by atoms with Crippen molar-refractivity contribution in [1.29, 1.82) is 0 Å². The van der Waals surface area contributed by atoms with Gasteiger partial charge in [-0.1, -0.05) is 6.07 Å². The number of thioether (sulfide) groups is 1. The maximum Gasteiger partial charge on any atom is 0.339 e. The molecule has 3 amide bonds. The van der Waals surface area contributed by atoms with Crippen LogP contribution < -0.4 is 10.2 Å². The molecule has 0 saturated carbocycles. The average Bonchev–Trinajstić information content (AvgIpc) is 2.90. The summed E-state index contributed by atoms with van der Waals surface area (Å²) in [5.74, 6) is -2.79. The number of amides is 3. The van der Waals surface area contributed by atoms with Crippen molar-refractivity contribution in [2.75, 3.05) is 10.2 Å². The van der Waals surface area contributed by atoms with Gasteiger partial charge >= 0.3 is 5.97 Å². The monoisotopic (exact) mass is 414 g/mol. The molecule has 2 aromatic rings. The summed E-state index contributed by atoms with van der Waals surface area (Å²) in [5.41, 5.74) is 2.34. The van der Waals surface area contributed by atoms with Crippen molar-refractivity contribution < 1.29 is 29.4 Å². The molecule has 0 aromatic heterocycles. The zero-order valence-corrected chi connectivity index (χ0v) is 16.4. The van der Waals surface area contributed by atoms with Crippen molar-refractivity contribution in [3.63, 3.8) is 0 Å². The van der Waals surface area contributed by atoms with Gasteiger partial charge in [0.1, 0.15) is 16.6 Å². The lowest BCUT2D eigenvalue weighted by molar-refractivity contribution is -0.121. The number of imide groups is 1. The number of anilines is 2. The molecule has 1 fully saturated rings. The fourth-order valence-electron chi connectivity index (χ4n) is 2.86. The summed E-state index contributed by atoms with van der Waals surface area (Å²) in [4.78, 5) is 49.3. The van der Waals surface area contributed by atoms with Crippen LogP contribution in [0.15, 0.2) is 36.4 Å². The molecule has 29 heavy (non-hydrogen) atoms. The first-order valence-corrected chi connectivity index (χ1v) is 9.53. The molecular weight excluding hydrogens is 396 g/mol. The maximum absolute atomic E-state index is 12.7. The molecule has 0 radical (unpaired) electrons. The van der Waals surface area contributed by atoms with Crippen LogP contribution in [0.4, 0.5) is 16.2 Å². The van der Waals surface area contributed by atoms with Gasteiger partial charge in [-0.25, -0.2) is 9.69 Å². The van der Waals surface area contributed by atoms with Crippen molar-refractivity contribution in [2.45, 2.75) is 25.5 Å². The molecule has 1 atom stereocenters. The van der Waals surface area contributed by atoms with E-state index >= 15 is 0 Å². The summed E-state index contributed by atoms with van der Waals surface area (Å²) in [6.07, 6.45) is -0.238. The molecule has 3 N–H and O–H groups in total. The second kappa shape index (κ2) is 7.96. The van der Waals surface area contributed by atoms with Gasteiger partial charge in [0.2, 0.25) is 11.8 Å². The number of benzene rings is 2. The smallest absolute Gasteiger partial charge is 0.339 e. The molecular formula is C20H18N2O6S. The number of nitrogens with zero attached hydrogens (tertiary/aromatic N) is 1. The molecule has 8 nitrogen and oxygen atoms in total. The van der Waals surface area contributed by atoms with Crippen LogP contribution in [-0.2, 0) is 9.59 Å². The molecule has 0 bridgehead atoms. The number of carboxylic acids is 1. The summed E-state index contributed by atoms with van der Waals surface area (Å²) in [7, 11) is 0. The number of hydrogen-bond acceptors (Lipinski definition) is 6. The highest BCUT2D eigenvalue weighted by Gasteiger charge is 2.41. The van der Waals surface area contributed by atoms with Crippen molar-refractivity contribution in [2.24, 2.45) is 0 Å². The Morgan fingerprint density at radius 1 is 1.10 bits per heavy atom. The molecule has 150 valence electrons. The summed E-state index contributed by atoms with van der Waals surface area (Å²) in [5, 5.41) is 19.8. The van der Waals surface area contributed by atoms with E-state index in [4.69, 9.17) is 5.11 Å². The van der Waals surface area contributed by atoms with Crippen LogP contribution in [0.5, 0.6) is 5.75 Å². The molecule has 1 unspecified atom stereocenters. The van der Waals surface area contributed by atoms with Crippen LogP contribution in [0, 0.1) is 13.8 Å². The Hall–Kier alpha value is -3.33. The Labute approximate surface area is 170 Å². The highest BCUT2D eigenvalue weighted by molar-refractivity contribution is 8.15. The van der Waals surface area contributed by atoms with Gasteiger partial charge in [0.25, 0.3) is 5.24 Å². The lowest BCUT2D eigenvalue weighted by atomic mass is 10.1. The Balaban J connectivity index is 1.69. The molecule has 1 heterocycles. The van der Waals surface area contributed by atoms with E-state index < -0.39 is 34.0 Å². The number of phenols is 1. The number of carboxylic acid groups (broad SMARTS) is 1. The number of aromatic hydroxyl groups is 1. The quantitative estimate of drug-likeness (QED) is 0.686. The minimum atomic E-state index is -1.29. The number of carbonyl (C=O) groups is 4. The second-order valence-electron chi connectivity index (χ2n) is 6.60. The number of nitrogens with one attached hydrogen (secondary N) is 1. The summed E-state index contributed by atoms with van der Waals surface area (Å²) in [6.45, 7) is 3.81. The van der Waals surface area contributed by atoms with Gasteiger partial charge in [0, 0.05) is 18.2 Å². The van der Waals surface area contributed by atoms with E-state index in [0.717, 1.165) is 39.9 Å². The summed E-state index contributed by atoms with van der Waals surface area (Å²) in [6, 6.07) is 8.86. The average molecular weight is 414 g/mol. The number of hydrogen-bond donors (Lipinski definition) is 3. The van der Waals surface area contributed by atoms with Crippen LogP contribution in [0.1, 0.15) is 27.9 Å². The van der Waals surface area contributed by atoms with Crippen LogP contribution in [0.25, 0.3) is 0 Å². The first-order chi connectivity index (χ1) is 13.7. The van der Waals surface area contributed by atoms with Gasteiger partial charge in [-0.05, 0) is 61.0 Å². The van der Waals surface area contributed by atoms with Crippen LogP contribution >= 0.6 is 11.8 Å². The van der Waals surface area contributed by atoms with E-state index in [2.05, 4.69) is 5.32 Å². The van der Waals surface area contributed by atoms with Crippen molar-refractivity contribution in [3.05, 3.63) is 53.1 Å². The van der Waals surface area contributed by atoms with Crippen LogP contribution in [-0.4, -0.2) is 38.5 Å². The number of aryl methyl sites for hydroxylation is 2. The fourth-order valence-corrected chi connectivity index (χ4v) is 3.84. The van der Waals surface area contributed by atoms with Gasteiger partial charge in [-0.2, -0.15) is 0 Å². The Bertz CT molecular complexity index is 1040. The van der Waals surface area contributed by atoms with E-state index in [1.165, 1.54) is 6.07 Å². The lowest BCUT2D eigenvalue weighted by Crippen LogP contribution is -2.33. The molecule has 0 spiro atoms. The van der Waals surface area contributed by atoms with Gasteiger partial charge in [-0.3, -0.25) is 14.4 Å². The highest BCUT2D eigenvalue weighted by Crippen LogP contribution is 2.34. The largest absolute Gasteiger partial charge is 0.507 e. The van der Waals surface area contributed by atoms with E-state index in [1.54, 1.807) is 12.1 Å². The van der Waals surface area contributed by atoms with Crippen LogP contribution in [0.3, 0.4) is 0 Å². The Morgan fingerprint density at radius 3 is 2.45 bits per heavy atom. The molecule has 1 saturated heterocycles. The normalized spacial score (nSPS) is 16.2. The van der Waals surface area contributed by atoms with Crippen molar-refractivity contribution >= 4 is 46.2 Å². The van der Waals surface area contributed by atoms with E-state index in [9.17, 15) is 24.3 Å². The minimum absolute atomic E-state index is 0.185. The highest BCUT2D eigenvalue weighted by atomic mass is 32.2. The Kier molecular flexibility index (Phi) is 5.60. The SMILES string of the molecule is Cc1ccc(N2C(=O)SC(CC(=O)Nc3ccc(C(=O)O)c(O)c3)C2=O)cc1C. The molecule has 1 aliphatic heterocycles. The molecule has 1 aliphatic rings. The molecule has 3 rings (SSSR count). The molecule has 2 aromatic carbocycles. The zero-order valence-electron chi connectivity index (χ0n) is 15.6. The van der Waals surface area contributed by atoms with Gasteiger partial charge < -0.3 is 15.5 Å². The van der Waals surface area contributed by atoms with E-state index in [1.807, 2.05) is 19.9 Å².